The Kier molecular flexibility index (Phi) is 3.99. The highest BCUT2D eigenvalue weighted by molar-refractivity contribution is 5.79. The van der Waals surface area contributed by atoms with Crippen molar-refractivity contribution in [1.29, 1.82) is 0 Å². The second-order valence-corrected chi connectivity index (χ2v) is 5.59. The average Bonchev–Trinajstić information content (AvgIpc) is 2.39. The molecule has 0 unspecified atom stereocenters. The Morgan fingerprint density at radius 3 is 2.68 bits per heavy atom. The van der Waals surface area contributed by atoms with Crippen LogP contribution in [0.1, 0.15) is 20.8 Å². The van der Waals surface area contributed by atoms with Gasteiger partial charge < -0.3 is 15.0 Å². The Morgan fingerprint density at radius 1 is 1.37 bits per heavy atom. The topological polar surface area (TPSA) is 67.3 Å². The van der Waals surface area contributed by atoms with Gasteiger partial charge in [0.05, 0.1) is 11.6 Å². The fourth-order valence-corrected chi connectivity index (χ4v) is 1.75. The summed E-state index contributed by atoms with van der Waals surface area (Å²) in [5.74, 6) is 0.845. The van der Waals surface area contributed by atoms with E-state index in [1.54, 1.807) is 6.20 Å². The molecule has 19 heavy (non-hydrogen) atoms. The molecule has 0 radical (unpaired) electrons. The summed E-state index contributed by atoms with van der Waals surface area (Å²) in [6.45, 7) is 8.96. The summed E-state index contributed by atoms with van der Waals surface area (Å²) in [6.07, 6.45) is 3.03. The van der Waals surface area contributed by atoms with Crippen molar-refractivity contribution in [2.24, 2.45) is 5.41 Å². The number of piperazine rings is 1. The molecule has 1 fully saturated rings. The summed E-state index contributed by atoms with van der Waals surface area (Å²) in [4.78, 5) is 22.3. The van der Waals surface area contributed by atoms with Crippen LogP contribution in [0.15, 0.2) is 12.5 Å². The molecular formula is C13H20N4O2. The molecule has 1 aromatic heterocycles. The SMILES string of the molecule is CC(C)(C)C(=O)Oc1cncnc1N1CCNCC1. The predicted molar refractivity (Wildman–Crippen MR) is 72.2 cm³/mol. The van der Waals surface area contributed by atoms with E-state index < -0.39 is 5.41 Å². The summed E-state index contributed by atoms with van der Waals surface area (Å²) in [5, 5.41) is 3.28. The molecule has 0 aliphatic carbocycles. The van der Waals surface area contributed by atoms with Gasteiger partial charge in [0.2, 0.25) is 0 Å². The zero-order chi connectivity index (χ0) is 13.9. The van der Waals surface area contributed by atoms with Crippen LogP contribution < -0.4 is 15.0 Å². The lowest BCUT2D eigenvalue weighted by molar-refractivity contribution is -0.143. The van der Waals surface area contributed by atoms with Crippen LogP contribution in [-0.2, 0) is 4.79 Å². The lowest BCUT2D eigenvalue weighted by atomic mass is 9.97. The highest BCUT2D eigenvalue weighted by Crippen LogP contribution is 2.27. The molecule has 1 N–H and O–H groups in total. The molecule has 0 amide bonds. The van der Waals surface area contributed by atoms with E-state index in [0.29, 0.717) is 11.6 Å². The van der Waals surface area contributed by atoms with Crippen molar-refractivity contribution < 1.29 is 9.53 Å². The molecule has 104 valence electrons. The van der Waals surface area contributed by atoms with Gasteiger partial charge in [0.1, 0.15) is 6.33 Å². The van der Waals surface area contributed by atoms with E-state index in [4.69, 9.17) is 4.74 Å². The number of hydrogen-bond donors (Lipinski definition) is 1. The Labute approximate surface area is 113 Å². The van der Waals surface area contributed by atoms with Gasteiger partial charge in [-0.15, -0.1) is 0 Å². The first-order valence-corrected chi connectivity index (χ1v) is 6.46. The van der Waals surface area contributed by atoms with Gasteiger partial charge in [-0.2, -0.15) is 0 Å². The molecule has 1 saturated heterocycles. The normalized spacial score (nSPS) is 16.3. The third-order valence-electron chi connectivity index (χ3n) is 2.89. The van der Waals surface area contributed by atoms with Crippen molar-refractivity contribution in [3.63, 3.8) is 0 Å². The van der Waals surface area contributed by atoms with Gasteiger partial charge in [-0.25, -0.2) is 9.97 Å². The maximum absolute atomic E-state index is 12.0. The number of nitrogens with zero attached hydrogens (tertiary/aromatic N) is 3. The molecule has 1 aliphatic rings. The predicted octanol–water partition coefficient (Wildman–Crippen LogP) is 0.838. The number of ether oxygens (including phenoxy) is 1. The number of carbonyl (C=O) groups excluding carboxylic acids is 1. The van der Waals surface area contributed by atoms with Crippen LogP contribution in [0.3, 0.4) is 0 Å². The third kappa shape index (κ3) is 3.41. The van der Waals surface area contributed by atoms with Crippen molar-refractivity contribution in [3.05, 3.63) is 12.5 Å². The Balaban J connectivity index is 2.18. The highest BCUT2D eigenvalue weighted by atomic mass is 16.5. The maximum atomic E-state index is 12.0. The molecule has 0 saturated carbocycles. The van der Waals surface area contributed by atoms with Gasteiger partial charge >= 0.3 is 5.97 Å². The van der Waals surface area contributed by atoms with Crippen LogP contribution in [-0.4, -0.2) is 42.1 Å². The number of hydrogen-bond acceptors (Lipinski definition) is 6. The minimum absolute atomic E-state index is 0.279. The number of nitrogens with one attached hydrogen (secondary N) is 1. The van der Waals surface area contributed by atoms with E-state index in [1.165, 1.54) is 6.33 Å². The molecule has 0 atom stereocenters. The Bertz CT molecular complexity index is 450. The Hall–Kier alpha value is -1.69. The van der Waals surface area contributed by atoms with Gasteiger partial charge in [-0.1, -0.05) is 0 Å². The summed E-state index contributed by atoms with van der Waals surface area (Å²) in [7, 11) is 0. The lowest BCUT2D eigenvalue weighted by Crippen LogP contribution is -2.44. The molecule has 2 rings (SSSR count). The van der Waals surface area contributed by atoms with E-state index in [1.807, 2.05) is 20.8 Å². The zero-order valence-electron chi connectivity index (χ0n) is 11.6. The molecular weight excluding hydrogens is 244 g/mol. The number of carbonyl (C=O) groups is 1. The first kappa shape index (κ1) is 13.7. The molecule has 6 nitrogen and oxygen atoms in total. The fraction of sp³-hybridized carbons (Fsp3) is 0.615. The number of esters is 1. The number of rotatable bonds is 2. The standard InChI is InChI=1S/C13H20N4O2/c1-13(2,3)12(18)19-10-8-15-9-16-11(10)17-6-4-14-5-7-17/h8-9,14H,4-7H2,1-3H3. The average molecular weight is 264 g/mol. The van der Waals surface area contributed by atoms with Crippen LogP contribution in [0.25, 0.3) is 0 Å². The van der Waals surface area contributed by atoms with E-state index in [0.717, 1.165) is 26.2 Å². The van der Waals surface area contributed by atoms with Crippen molar-refractivity contribution >= 4 is 11.8 Å². The van der Waals surface area contributed by atoms with Crippen LogP contribution >= 0.6 is 0 Å². The van der Waals surface area contributed by atoms with Crippen molar-refractivity contribution in [2.75, 3.05) is 31.1 Å². The van der Waals surface area contributed by atoms with Gasteiger partial charge in [-0.3, -0.25) is 4.79 Å². The van der Waals surface area contributed by atoms with Crippen molar-refractivity contribution in [1.82, 2.24) is 15.3 Å². The molecule has 0 bridgehead atoms. The first-order chi connectivity index (χ1) is 8.98. The minimum atomic E-state index is -0.545. The van der Waals surface area contributed by atoms with Crippen LogP contribution in [0.2, 0.25) is 0 Å². The molecule has 0 aromatic carbocycles. The van der Waals surface area contributed by atoms with E-state index >= 15 is 0 Å². The van der Waals surface area contributed by atoms with Gasteiger partial charge in [0.25, 0.3) is 0 Å². The molecule has 2 heterocycles. The van der Waals surface area contributed by atoms with E-state index in [2.05, 4.69) is 20.2 Å². The summed E-state index contributed by atoms with van der Waals surface area (Å²) in [6, 6.07) is 0. The van der Waals surface area contributed by atoms with Crippen molar-refractivity contribution in [3.8, 4) is 5.75 Å². The maximum Gasteiger partial charge on any atom is 0.316 e. The van der Waals surface area contributed by atoms with Crippen LogP contribution in [0.5, 0.6) is 5.75 Å². The third-order valence-corrected chi connectivity index (χ3v) is 2.89. The lowest BCUT2D eigenvalue weighted by Gasteiger charge is -2.29. The second-order valence-electron chi connectivity index (χ2n) is 5.59. The van der Waals surface area contributed by atoms with Gasteiger partial charge in [-0.05, 0) is 20.8 Å². The quantitative estimate of drug-likeness (QED) is 0.798. The van der Waals surface area contributed by atoms with Crippen LogP contribution in [0, 0.1) is 5.41 Å². The largest absolute Gasteiger partial charge is 0.420 e. The number of anilines is 1. The smallest absolute Gasteiger partial charge is 0.316 e. The van der Waals surface area contributed by atoms with E-state index in [9.17, 15) is 4.79 Å². The molecule has 1 aliphatic heterocycles. The summed E-state index contributed by atoms with van der Waals surface area (Å²) >= 11 is 0. The fourth-order valence-electron chi connectivity index (χ4n) is 1.75. The monoisotopic (exact) mass is 264 g/mol. The van der Waals surface area contributed by atoms with Gasteiger partial charge in [0.15, 0.2) is 11.6 Å². The molecule has 0 spiro atoms. The Morgan fingerprint density at radius 2 is 2.05 bits per heavy atom. The number of aromatic nitrogens is 2. The minimum Gasteiger partial charge on any atom is -0.420 e. The zero-order valence-corrected chi connectivity index (χ0v) is 11.6. The highest BCUT2D eigenvalue weighted by Gasteiger charge is 2.26. The molecule has 1 aromatic rings. The summed E-state index contributed by atoms with van der Waals surface area (Å²) in [5.41, 5.74) is -0.545. The molecule has 6 heteroatoms. The van der Waals surface area contributed by atoms with Crippen molar-refractivity contribution in [2.45, 2.75) is 20.8 Å². The van der Waals surface area contributed by atoms with Gasteiger partial charge in [0, 0.05) is 26.2 Å². The second kappa shape index (κ2) is 5.52. The first-order valence-electron chi connectivity index (χ1n) is 6.46. The van der Waals surface area contributed by atoms with E-state index in [-0.39, 0.29) is 5.97 Å². The van der Waals surface area contributed by atoms with Crippen LogP contribution in [0.4, 0.5) is 5.82 Å². The summed E-state index contributed by atoms with van der Waals surface area (Å²) < 4.78 is 5.44.